The highest BCUT2D eigenvalue weighted by molar-refractivity contribution is 6.05. The zero-order chi connectivity index (χ0) is 15.8. The Labute approximate surface area is 123 Å². The van der Waals surface area contributed by atoms with E-state index >= 15 is 0 Å². The molecule has 2 amide bonds. The topological polar surface area (TPSA) is 61.2 Å². The highest BCUT2D eigenvalue weighted by Gasteiger charge is 2.49. The fourth-order valence-corrected chi connectivity index (χ4v) is 2.43. The molecule has 1 heterocycles. The molecule has 0 radical (unpaired) electrons. The van der Waals surface area contributed by atoms with Crippen molar-refractivity contribution in [3.05, 3.63) is 35.1 Å². The van der Waals surface area contributed by atoms with Crippen LogP contribution in [-0.2, 0) is 16.1 Å². The standard InChI is InChI=1S/C16H17FN2O2/c1-10(2)16(3)7-14(20)19(15(16)21)9-12-5-4-11(8-18)6-13(12)17/h4-6,10H,7,9H2,1-3H3. The van der Waals surface area contributed by atoms with Crippen LogP contribution in [0.25, 0.3) is 0 Å². The largest absolute Gasteiger partial charge is 0.278 e. The van der Waals surface area contributed by atoms with Gasteiger partial charge < -0.3 is 0 Å². The molecule has 0 aromatic heterocycles. The van der Waals surface area contributed by atoms with Crippen LogP contribution >= 0.6 is 0 Å². The molecule has 1 aromatic carbocycles. The molecule has 0 bridgehead atoms. The van der Waals surface area contributed by atoms with Crippen molar-refractivity contribution in [2.24, 2.45) is 11.3 Å². The summed E-state index contributed by atoms with van der Waals surface area (Å²) in [5.74, 6) is -1.08. The number of amides is 2. The summed E-state index contributed by atoms with van der Waals surface area (Å²) in [6.45, 7) is 5.48. The van der Waals surface area contributed by atoms with Crippen molar-refractivity contribution in [2.75, 3.05) is 0 Å². The summed E-state index contributed by atoms with van der Waals surface area (Å²) in [6.07, 6.45) is 0.154. The molecule has 21 heavy (non-hydrogen) atoms. The predicted molar refractivity (Wildman–Crippen MR) is 74.2 cm³/mol. The number of nitrogens with zero attached hydrogens (tertiary/aromatic N) is 2. The molecule has 0 aliphatic carbocycles. The van der Waals surface area contributed by atoms with Crippen LogP contribution in [0.3, 0.4) is 0 Å². The maximum atomic E-state index is 13.9. The van der Waals surface area contributed by atoms with Crippen LogP contribution < -0.4 is 0 Å². The minimum atomic E-state index is -0.722. The summed E-state index contributed by atoms with van der Waals surface area (Å²) in [7, 11) is 0. The average molecular weight is 288 g/mol. The van der Waals surface area contributed by atoms with Gasteiger partial charge in [0.15, 0.2) is 0 Å². The predicted octanol–water partition coefficient (Wildman–Crippen LogP) is 2.62. The van der Waals surface area contributed by atoms with Gasteiger partial charge in [0.05, 0.1) is 23.6 Å². The minimum Gasteiger partial charge on any atom is -0.278 e. The van der Waals surface area contributed by atoms with Crippen LogP contribution in [0.1, 0.15) is 38.3 Å². The zero-order valence-electron chi connectivity index (χ0n) is 12.3. The van der Waals surface area contributed by atoms with E-state index < -0.39 is 11.2 Å². The summed E-state index contributed by atoms with van der Waals surface area (Å²) < 4.78 is 13.9. The first kappa shape index (κ1) is 15.2. The fraction of sp³-hybridized carbons (Fsp3) is 0.438. The van der Waals surface area contributed by atoms with Crippen LogP contribution in [0.2, 0.25) is 0 Å². The van der Waals surface area contributed by atoms with Gasteiger partial charge in [-0.15, -0.1) is 0 Å². The SMILES string of the molecule is CC(C)C1(C)CC(=O)N(Cc2ccc(C#N)cc2F)C1=O. The van der Waals surface area contributed by atoms with E-state index in [0.717, 1.165) is 11.0 Å². The van der Waals surface area contributed by atoms with Gasteiger partial charge in [-0.25, -0.2) is 4.39 Å². The normalized spacial score (nSPS) is 22.0. The van der Waals surface area contributed by atoms with Crippen LogP contribution in [-0.4, -0.2) is 16.7 Å². The van der Waals surface area contributed by atoms with Crippen LogP contribution in [0.15, 0.2) is 18.2 Å². The Morgan fingerprint density at radius 1 is 1.43 bits per heavy atom. The molecule has 110 valence electrons. The van der Waals surface area contributed by atoms with Gasteiger partial charge in [0.2, 0.25) is 11.8 Å². The lowest BCUT2D eigenvalue weighted by Gasteiger charge is -2.26. The number of carbonyl (C=O) groups excluding carboxylic acids is 2. The maximum absolute atomic E-state index is 13.9. The van der Waals surface area contributed by atoms with Gasteiger partial charge in [-0.3, -0.25) is 14.5 Å². The Hall–Kier alpha value is -2.22. The molecule has 0 saturated carbocycles. The monoisotopic (exact) mass is 288 g/mol. The summed E-state index contributed by atoms with van der Waals surface area (Å²) >= 11 is 0. The van der Waals surface area contributed by atoms with Gasteiger partial charge in [-0.2, -0.15) is 5.26 Å². The number of hydrogen-bond donors (Lipinski definition) is 0. The van der Waals surface area contributed by atoms with Gasteiger partial charge in [0, 0.05) is 12.0 Å². The Balaban J connectivity index is 2.27. The van der Waals surface area contributed by atoms with Crippen molar-refractivity contribution in [3.63, 3.8) is 0 Å². The first-order valence-corrected chi connectivity index (χ1v) is 6.83. The second kappa shape index (κ2) is 5.28. The van der Waals surface area contributed by atoms with E-state index in [0.29, 0.717) is 0 Å². The van der Waals surface area contributed by atoms with E-state index in [1.807, 2.05) is 19.9 Å². The maximum Gasteiger partial charge on any atom is 0.236 e. The van der Waals surface area contributed by atoms with Crippen LogP contribution in [0.4, 0.5) is 4.39 Å². The first-order chi connectivity index (χ1) is 9.79. The molecule has 1 saturated heterocycles. The molecule has 1 aromatic rings. The third-order valence-corrected chi connectivity index (χ3v) is 4.34. The average Bonchev–Trinajstić information content (AvgIpc) is 2.65. The molecule has 1 fully saturated rings. The lowest BCUT2D eigenvalue weighted by molar-refractivity contribution is -0.142. The van der Waals surface area contributed by atoms with Gasteiger partial charge in [0.25, 0.3) is 0 Å². The third-order valence-electron chi connectivity index (χ3n) is 4.34. The third kappa shape index (κ3) is 2.54. The molecule has 1 unspecified atom stereocenters. The van der Waals surface area contributed by atoms with E-state index in [-0.39, 0.29) is 41.8 Å². The Morgan fingerprint density at radius 3 is 2.57 bits per heavy atom. The number of benzene rings is 1. The van der Waals surface area contributed by atoms with Gasteiger partial charge >= 0.3 is 0 Å². The van der Waals surface area contributed by atoms with Crippen molar-refractivity contribution in [3.8, 4) is 6.07 Å². The molecular weight excluding hydrogens is 271 g/mol. The highest BCUT2D eigenvalue weighted by atomic mass is 19.1. The molecule has 1 atom stereocenters. The van der Waals surface area contributed by atoms with E-state index in [1.165, 1.54) is 12.1 Å². The number of rotatable bonds is 3. The van der Waals surface area contributed by atoms with Crippen LogP contribution in [0.5, 0.6) is 0 Å². The molecule has 0 N–H and O–H groups in total. The van der Waals surface area contributed by atoms with Crippen molar-refractivity contribution < 1.29 is 14.0 Å². The molecule has 1 aliphatic rings. The Morgan fingerprint density at radius 2 is 2.10 bits per heavy atom. The minimum absolute atomic E-state index is 0.0322. The number of nitriles is 1. The molecule has 5 heteroatoms. The van der Waals surface area contributed by atoms with E-state index in [4.69, 9.17) is 5.26 Å². The molecular formula is C16H17FN2O2. The lowest BCUT2D eigenvalue weighted by Crippen LogP contribution is -2.36. The summed E-state index contributed by atoms with van der Waals surface area (Å²) in [4.78, 5) is 25.6. The van der Waals surface area contributed by atoms with Crippen molar-refractivity contribution in [1.82, 2.24) is 4.90 Å². The van der Waals surface area contributed by atoms with Gasteiger partial charge in [0.1, 0.15) is 5.82 Å². The highest BCUT2D eigenvalue weighted by Crippen LogP contribution is 2.39. The molecule has 1 aliphatic heterocycles. The number of carbonyl (C=O) groups is 2. The first-order valence-electron chi connectivity index (χ1n) is 6.83. The molecule has 2 rings (SSSR count). The number of halogens is 1. The van der Waals surface area contributed by atoms with Crippen molar-refractivity contribution in [1.29, 1.82) is 5.26 Å². The number of likely N-dealkylation sites (tertiary alicyclic amines) is 1. The second-order valence-electron chi connectivity index (χ2n) is 5.95. The fourth-order valence-electron chi connectivity index (χ4n) is 2.43. The molecule has 0 spiro atoms. The number of imide groups is 1. The summed E-state index contributed by atoms with van der Waals surface area (Å²) in [5.41, 5.74) is -0.272. The van der Waals surface area contributed by atoms with Crippen LogP contribution in [0, 0.1) is 28.5 Å². The van der Waals surface area contributed by atoms with E-state index in [2.05, 4.69) is 0 Å². The number of hydrogen-bond acceptors (Lipinski definition) is 3. The van der Waals surface area contributed by atoms with Gasteiger partial charge in [-0.05, 0) is 25.0 Å². The Kier molecular flexibility index (Phi) is 3.82. The quantitative estimate of drug-likeness (QED) is 0.803. The smallest absolute Gasteiger partial charge is 0.236 e. The Bertz CT molecular complexity index is 648. The van der Waals surface area contributed by atoms with E-state index in [1.54, 1.807) is 6.92 Å². The van der Waals surface area contributed by atoms with Crippen molar-refractivity contribution >= 4 is 11.8 Å². The van der Waals surface area contributed by atoms with Gasteiger partial charge in [-0.1, -0.05) is 19.9 Å². The summed E-state index contributed by atoms with van der Waals surface area (Å²) in [5, 5.41) is 8.72. The van der Waals surface area contributed by atoms with E-state index in [9.17, 15) is 14.0 Å². The van der Waals surface area contributed by atoms with Crippen molar-refractivity contribution in [2.45, 2.75) is 33.7 Å². The second-order valence-corrected chi connectivity index (χ2v) is 5.95. The zero-order valence-corrected chi connectivity index (χ0v) is 12.3. The lowest BCUT2D eigenvalue weighted by atomic mass is 9.78. The summed E-state index contributed by atoms with van der Waals surface area (Å²) in [6, 6.07) is 5.88. The molecule has 4 nitrogen and oxygen atoms in total.